The molecule has 5 heteroatoms. The fraction of sp³-hybridized carbons (Fsp3) is 0.100. The second-order valence-electron chi connectivity index (χ2n) is 3.05. The average molecular weight is 205 g/mol. The molecule has 4 N–H and O–H groups in total. The van der Waals surface area contributed by atoms with Gasteiger partial charge in [0.25, 0.3) is 5.91 Å². The van der Waals surface area contributed by atoms with Gasteiger partial charge >= 0.3 is 0 Å². The van der Waals surface area contributed by atoms with Crippen molar-refractivity contribution >= 4 is 16.8 Å². The Morgan fingerprint density at radius 1 is 1.47 bits per heavy atom. The number of hydrazine groups is 1. The van der Waals surface area contributed by atoms with Crippen LogP contribution in [0.1, 0.15) is 10.5 Å². The van der Waals surface area contributed by atoms with Crippen molar-refractivity contribution in [2.45, 2.75) is 0 Å². The molecule has 1 aromatic carbocycles. The molecule has 1 heterocycles. The molecule has 0 spiro atoms. The number of hydrogen-bond donors (Lipinski definition) is 3. The van der Waals surface area contributed by atoms with Gasteiger partial charge in [-0.15, -0.1) is 0 Å². The lowest BCUT2D eigenvalue weighted by atomic mass is 10.2. The first-order chi connectivity index (χ1) is 7.27. The van der Waals surface area contributed by atoms with E-state index in [2.05, 4.69) is 10.4 Å². The molecule has 0 aliphatic heterocycles. The highest BCUT2D eigenvalue weighted by Gasteiger charge is 2.16. The first-order valence-corrected chi connectivity index (χ1v) is 4.43. The van der Waals surface area contributed by atoms with Crippen LogP contribution in [0.25, 0.3) is 10.9 Å². The summed E-state index contributed by atoms with van der Waals surface area (Å²) >= 11 is 0. The molecule has 1 aromatic heterocycles. The molecule has 15 heavy (non-hydrogen) atoms. The second kappa shape index (κ2) is 3.62. The first kappa shape index (κ1) is 9.54. The van der Waals surface area contributed by atoms with Crippen molar-refractivity contribution in [3.05, 3.63) is 30.0 Å². The van der Waals surface area contributed by atoms with Gasteiger partial charge in [0.2, 0.25) is 0 Å². The predicted molar refractivity (Wildman–Crippen MR) is 56.5 cm³/mol. The number of nitrogens with two attached hydrogens (primary N) is 1. The Bertz CT molecular complexity index is 504. The van der Waals surface area contributed by atoms with Crippen LogP contribution >= 0.6 is 0 Å². The molecule has 78 valence electrons. The van der Waals surface area contributed by atoms with Crippen LogP contribution in [-0.4, -0.2) is 18.0 Å². The lowest BCUT2D eigenvalue weighted by Gasteiger charge is -2.00. The van der Waals surface area contributed by atoms with Crippen molar-refractivity contribution in [3.63, 3.8) is 0 Å². The van der Waals surface area contributed by atoms with Gasteiger partial charge in [0, 0.05) is 10.9 Å². The van der Waals surface area contributed by atoms with E-state index in [1.54, 1.807) is 0 Å². The monoisotopic (exact) mass is 205 g/mol. The van der Waals surface area contributed by atoms with Gasteiger partial charge in [0.1, 0.15) is 5.69 Å². The van der Waals surface area contributed by atoms with E-state index >= 15 is 0 Å². The van der Waals surface area contributed by atoms with Gasteiger partial charge in [0.05, 0.1) is 7.11 Å². The van der Waals surface area contributed by atoms with Gasteiger partial charge < -0.3 is 9.72 Å². The molecule has 0 radical (unpaired) electrons. The summed E-state index contributed by atoms with van der Waals surface area (Å²) in [6.45, 7) is 0. The van der Waals surface area contributed by atoms with Gasteiger partial charge in [-0.25, -0.2) is 5.84 Å². The lowest BCUT2D eigenvalue weighted by molar-refractivity contribution is 0.0946. The maximum Gasteiger partial charge on any atom is 0.285 e. The Morgan fingerprint density at radius 2 is 2.20 bits per heavy atom. The Labute approximate surface area is 86.2 Å². The fourth-order valence-corrected chi connectivity index (χ4v) is 1.56. The number of fused-ring (bicyclic) bond motifs is 1. The molecule has 1 amide bonds. The molecule has 0 atom stereocenters. The zero-order valence-corrected chi connectivity index (χ0v) is 8.20. The number of carbonyl (C=O) groups is 1. The number of methoxy groups -OCH3 is 1. The largest absolute Gasteiger partial charge is 0.494 e. The number of nitrogen functional groups attached to an aromatic ring is 1. The van der Waals surface area contributed by atoms with Crippen LogP contribution in [0.2, 0.25) is 0 Å². The summed E-state index contributed by atoms with van der Waals surface area (Å²) in [6.07, 6.45) is 0. The molecular formula is C10H11N3O2. The van der Waals surface area contributed by atoms with E-state index in [-0.39, 0.29) is 0 Å². The Hall–Kier alpha value is -2.01. The highest BCUT2D eigenvalue weighted by atomic mass is 16.5. The van der Waals surface area contributed by atoms with Crippen molar-refractivity contribution in [1.29, 1.82) is 0 Å². The molecular weight excluding hydrogens is 194 g/mol. The number of hydrogen-bond acceptors (Lipinski definition) is 3. The third-order valence-electron chi connectivity index (χ3n) is 2.22. The summed E-state index contributed by atoms with van der Waals surface area (Å²) in [4.78, 5) is 14.4. The number of amides is 1. The van der Waals surface area contributed by atoms with Crippen LogP contribution in [0.15, 0.2) is 24.3 Å². The van der Waals surface area contributed by atoms with Gasteiger partial charge in [-0.1, -0.05) is 12.1 Å². The molecule has 0 saturated carbocycles. The number of ether oxygens (including phenoxy) is 1. The quantitative estimate of drug-likeness (QED) is 0.385. The minimum absolute atomic E-state index is 0.334. The number of nitrogens with one attached hydrogen (secondary N) is 2. The zero-order chi connectivity index (χ0) is 10.8. The van der Waals surface area contributed by atoms with Crippen molar-refractivity contribution in [3.8, 4) is 5.75 Å². The van der Waals surface area contributed by atoms with Gasteiger partial charge in [-0.3, -0.25) is 10.2 Å². The normalized spacial score (nSPS) is 10.3. The summed E-state index contributed by atoms with van der Waals surface area (Å²) < 4.78 is 5.17. The summed E-state index contributed by atoms with van der Waals surface area (Å²) in [5.74, 6) is 5.18. The second-order valence-corrected chi connectivity index (χ2v) is 3.05. The molecule has 0 saturated heterocycles. The number of para-hydroxylation sites is 1. The van der Waals surface area contributed by atoms with Crippen molar-refractivity contribution in [1.82, 2.24) is 10.4 Å². The number of carbonyl (C=O) groups excluding carboxylic acids is 1. The predicted octanol–water partition coefficient (Wildman–Crippen LogP) is 0.780. The minimum atomic E-state index is -0.400. The topological polar surface area (TPSA) is 80.1 Å². The van der Waals surface area contributed by atoms with Crippen LogP contribution in [0, 0.1) is 0 Å². The number of aromatic nitrogens is 1. The van der Waals surface area contributed by atoms with Crippen LogP contribution < -0.4 is 16.0 Å². The lowest BCUT2D eigenvalue weighted by Crippen LogP contribution is -2.30. The van der Waals surface area contributed by atoms with Crippen LogP contribution in [0.4, 0.5) is 0 Å². The Balaban J connectivity index is 2.69. The maximum absolute atomic E-state index is 11.4. The highest BCUT2D eigenvalue weighted by molar-refractivity contribution is 6.03. The van der Waals surface area contributed by atoms with E-state index in [1.165, 1.54) is 7.11 Å². The molecule has 0 unspecified atom stereocenters. The van der Waals surface area contributed by atoms with Gasteiger partial charge in [-0.2, -0.15) is 0 Å². The zero-order valence-electron chi connectivity index (χ0n) is 8.20. The Morgan fingerprint density at radius 3 is 2.87 bits per heavy atom. The standard InChI is InChI=1S/C10H11N3O2/c1-15-9-6-4-2-3-5-7(6)12-8(9)10(14)13-11/h2-5,12H,11H2,1H3,(H,13,14). The van der Waals surface area contributed by atoms with Crippen LogP contribution in [0.3, 0.4) is 0 Å². The van der Waals surface area contributed by atoms with Crippen LogP contribution in [0.5, 0.6) is 5.75 Å². The molecule has 2 aromatic rings. The van der Waals surface area contributed by atoms with E-state index < -0.39 is 5.91 Å². The Kier molecular flexibility index (Phi) is 2.31. The third-order valence-corrected chi connectivity index (χ3v) is 2.22. The average Bonchev–Trinajstić information content (AvgIpc) is 2.66. The molecule has 0 aliphatic carbocycles. The van der Waals surface area contributed by atoms with E-state index in [4.69, 9.17) is 10.6 Å². The maximum atomic E-state index is 11.4. The molecule has 2 rings (SSSR count). The van der Waals surface area contributed by atoms with E-state index in [0.29, 0.717) is 11.4 Å². The smallest absolute Gasteiger partial charge is 0.285 e. The van der Waals surface area contributed by atoms with Crippen LogP contribution in [-0.2, 0) is 0 Å². The summed E-state index contributed by atoms with van der Waals surface area (Å²) in [6, 6.07) is 7.49. The number of rotatable bonds is 2. The summed E-state index contributed by atoms with van der Waals surface area (Å²) in [7, 11) is 1.52. The molecule has 0 bridgehead atoms. The fourth-order valence-electron chi connectivity index (χ4n) is 1.56. The van der Waals surface area contributed by atoms with Crippen molar-refractivity contribution in [2.75, 3.05) is 7.11 Å². The van der Waals surface area contributed by atoms with E-state index in [1.807, 2.05) is 24.3 Å². The van der Waals surface area contributed by atoms with Crippen molar-refractivity contribution < 1.29 is 9.53 Å². The highest BCUT2D eigenvalue weighted by Crippen LogP contribution is 2.29. The molecule has 0 fully saturated rings. The number of benzene rings is 1. The van der Waals surface area contributed by atoms with Gasteiger partial charge in [-0.05, 0) is 12.1 Å². The van der Waals surface area contributed by atoms with Gasteiger partial charge in [0.15, 0.2) is 5.75 Å². The minimum Gasteiger partial charge on any atom is -0.494 e. The SMILES string of the molecule is COc1c(C(=O)NN)[nH]c2ccccc12. The number of H-pyrrole nitrogens is 1. The van der Waals surface area contributed by atoms with E-state index in [9.17, 15) is 4.79 Å². The van der Waals surface area contributed by atoms with E-state index in [0.717, 1.165) is 10.9 Å². The van der Waals surface area contributed by atoms with Crippen molar-refractivity contribution in [2.24, 2.45) is 5.84 Å². The molecule has 5 nitrogen and oxygen atoms in total. The first-order valence-electron chi connectivity index (χ1n) is 4.43. The summed E-state index contributed by atoms with van der Waals surface area (Å²) in [5, 5.41) is 0.860. The molecule has 0 aliphatic rings. The number of aromatic amines is 1. The third kappa shape index (κ3) is 1.42. The summed E-state index contributed by atoms with van der Waals surface area (Å²) in [5.41, 5.74) is 3.24.